The molecule has 0 bridgehead atoms. The molecule has 1 rings (SSSR count). The molecule has 1 aromatic rings. The minimum absolute atomic E-state index is 0.128. The molecule has 16 heavy (non-hydrogen) atoms. The number of aromatic nitrogens is 2. The maximum atomic E-state index is 11.2. The molecule has 0 aliphatic heterocycles. The van der Waals surface area contributed by atoms with Crippen LogP contribution in [0.4, 0.5) is 5.13 Å². The second kappa shape index (κ2) is 6.76. The zero-order valence-electron chi connectivity index (χ0n) is 8.82. The molecule has 2 N–H and O–H groups in total. The first-order chi connectivity index (χ1) is 7.76. The summed E-state index contributed by atoms with van der Waals surface area (Å²) in [6.07, 6.45) is 5.00. The Morgan fingerprint density at radius 1 is 1.69 bits per heavy atom. The fourth-order valence-corrected chi connectivity index (χ4v) is 1.45. The van der Waals surface area contributed by atoms with Crippen LogP contribution >= 0.6 is 11.5 Å². The van der Waals surface area contributed by atoms with E-state index in [2.05, 4.69) is 25.9 Å². The number of methoxy groups -OCH3 is 1. The number of nitrogens with one attached hydrogen (secondary N) is 2. The third kappa shape index (κ3) is 4.25. The van der Waals surface area contributed by atoms with E-state index >= 15 is 0 Å². The van der Waals surface area contributed by atoms with E-state index in [0.717, 1.165) is 0 Å². The monoisotopic (exact) mass is 240 g/mol. The third-order valence-corrected chi connectivity index (χ3v) is 2.24. The number of hydrogen-bond donors (Lipinski definition) is 2. The molecule has 0 radical (unpaired) electrons. The molecule has 0 saturated carbocycles. The quantitative estimate of drug-likeness (QED) is 0.676. The molecule has 0 saturated heterocycles. The Balaban J connectivity index is 2.31. The molecule has 1 heterocycles. The van der Waals surface area contributed by atoms with Gasteiger partial charge in [-0.2, -0.15) is 4.37 Å². The van der Waals surface area contributed by atoms with Gasteiger partial charge in [-0.3, -0.25) is 4.79 Å². The van der Waals surface area contributed by atoms with Crippen molar-refractivity contribution in [2.24, 2.45) is 0 Å². The zero-order valence-corrected chi connectivity index (χ0v) is 9.63. The number of terminal acetylenes is 1. The van der Waals surface area contributed by atoms with Gasteiger partial charge in [0.25, 0.3) is 0 Å². The zero-order chi connectivity index (χ0) is 11.8. The first-order valence-electron chi connectivity index (χ1n) is 4.52. The van der Waals surface area contributed by atoms with E-state index < -0.39 is 0 Å². The minimum Gasteiger partial charge on any atom is -0.377 e. The van der Waals surface area contributed by atoms with Crippen LogP contribution in [0.3, 0.4) is 0 Å². The van der Waals surface area contributed by atoms with E-state index in [1.165, 1.54) is 11.5 Å². The number of ether oxygens (including phenoxy) is 1. The van der Waals surface area contributed by atoms with Gasteiger partial charge >= 0.3 is 0 Å². The standard InChI is InChI=1S/C9H12N4O2S/c1-3-4-10-8(14)5-11-9-12-7(6-15-2)13-16-9/h1H,4-6H2,2H3,(H,10,14)(H,11,12,13). The molecule has 0 spiro atoms. The lowest BCUT2D eigenvalue weighted by molar-refractivity contribution is -0.119. The van der Waals surface area contributed by atoms with E-state index in [1.54, 1.807) is 7.11 Å². The van der Waals surface area contributed by atoms with E-state index in [9.17, 15) is 4.79 Å². The molecule has 0 fully saturated rings. The fourth-order valence-electron chi connectivity index (χ4n) is 0.881. The molecule has 1 amide bonds. The Morgan fingerprint density at radius 2 is 2.50 bits per heavy atom. The summed E-state index contributed by atoms with van der Waals surface area (Å²) in [5.74, 6) is 2.73. The van der Waals surface area contributed by atoms with Crippen LogP contribution in [0.2, 0.25) is 0 Å². The smallest absolute Gasteiger partial charge is 0.240 e. The predicted octanol–water partition coefficient (Wildman–Crippen LogP) is -0.154. The van der Waals surface area contributed by atoms with Crippen molar-refractivity contribution in [2.75, 3.05) is 25.5 Å². The van der Waals surface area contributed by atoms with E-state index in [4.69, 9.17) is 11.2 Å². The molecule has 6 nitrogen and oxygen atoms in total. The number of amides is 1. The summed E-state index contributed by atoms with van der Waals surface area (Å²) in [4.78, 5) is 15.3. The number of carbonyl (C=O) groups is 1. The van der Waals surface area contributed by atoms with Crippen LogP contribution in [0, 0.1) is 12.3 Å². The summed E-state index contributed by atoms with van der Waals surface area (Å²) in [7, 11) is 1.57. The highest BCUT2D eigenvalue weighted by molar-refractivity contribution is 7.09. The van der Waals surface area contributed by atoms with Crippen LogP contribution < -0.4 is 10.6 Å². The fraction of sp³-hybridized carbons (Fsp3) is 0.444. The highest BCUT2D eigenvalue weighted by Crippen LogP contribution is 2.10. The highest BCUT2D eigenvalue weighted by Gasteiger charge is 2.05. The van der Waals surface area contributed by atoms with Crippen molar-refractivity contribution in [1.82, 2.24) is 14.7 Å². The topological polar surface area (TPSA) is 76.1 Å². The third-order valence-electron chi connectivity index (χ3n) is 1.53. The SMILES string of the molecule is C#CCNC(=O)CNc1nc(COC)ns1. The van der Waals surface area contributed by atoms with Crippen molar-refractivity contribution in [3.05, 3.63) is 5.82 Å². The van der Waals surface area contributed by atoms with Crippen molar-refractivity contribution < 1.29 is 9.53 Å². The van der Waals surface area contributed by atoms with E-state index in [-0.39, 0.29) is 19.0 Å². The summed E-state index contributed by atoms with van der Waals surface area (Å²) >= 11 is 1.18. The lowest BCUT2D eigenvalue weighted by atomic mass is 10.5. The molecule has 86 valence electrons. The second-order valence-corrected chi connectivity index (χ2v) is 3.54. The van der Waals surface area contributed by atoms with Crippen molar-refractivity contribution in [2.45, 2.75) is 6.61 Å². The van der Waals surface area contributed by atoms with Crippen molar-refractivity contribution in [3.63, 3.8) is 0 Å². The van der Waals surface area contributed by atoms with E-state index in [1.807, 2.05) is 0 Å². The highest BCUT2D eigenvalue weighted by atomic mass is 32.1. The van der Waals surface area contributed by atoms with Crippen LogP contribution in [0.25, 0.3) is 0 Å². The van der Waals surface area contributed by atoms with Crippen LogP contribution in [0.1, 0.15) is 5.82 Å². The average molecular weight is 240 g/mol. The summed E-state index contributed by atoms with van der Waals surface area (Å²) in [6, 6.07) is 0. The predicted molar refractivity (Wildman–Crippen MR) is 61.0 cm³/mol. The lowest BCUT2D eigenvalue weighted by Crippen LogP contribution is -2.29. The lowest BCUT2D eigenvalue weighted by Gasteiger charge is -2.01. The first-order valence-corrected chi connectivity index (χ1v) is 5.29. The largest absolute Gasteiger partial charge is 0.377 e. The maximum absolute atomic E-state index is 11.2. The number of nitrogens with zero attached hydrogens (tertiary/aromatic N) is 2. The van der Waals surface area contributed by atoms with Crippen LogP contribution in [-0.2, 0) is 16.1 Å². The Hall–Kier alpha value is -1.65. The van der Waals surface area contributed by atoms with Crippen LogP contribution in [0.5, 0.6) is 0 Å². The Labute approximate surface area is 97.6 Å². The molecule has 1 aromatic heterocycles. The van der Waals surface area contributed by atoms with Crippen molar-refractivity contribution >= 4 is 22.6 Å². The molecule has 0 atom stereocenters. The van der Waals surface area contributed by atoms with Gasteiger partial charge in [-0.05, 0) is 0 Å². The maximum Gasteiger partial charge on any atom is 0.240 e. The second-order valence-electron chi connectivity index (χ2n) is 2.78. The normalized spacial score (nSPS) is 9.50. The Kier molecular flexibility index (Phi) is 5.25. The van der Waals surface area contributed by atoms with Gasteiger partial charge < -0.3 is 15.4 Å². The molecular formula is C9H12N4O2S. The molecule has 7 heteroatoms. The van der Waals surface area contributed by atoms with Crippen molar-refractivity contribution in [1.29, 1.82) is 0 Å². The van der Waals surface area contributed by atoms with Gasteiger partial charge in [-0.25, -0.2) is 4.98 Å². The van der Waals surface area contributed by atoms with Gasteiger partial charge in [-0.15, -0.1) is 6.42 Å². The van der Waals surface area contributed by atoms with Gasteiger partial charge in [0.15, 0.2) is 5.82 Å². The Morgan fingerprint density at radius 3 is 3.19 bits per heavy atom. The number of anilines is 1. The average Bonchev–Trinajstić information content (AvgIpc) is 2.72. The first kappa shape index (κ1) is 12.4. The molecule has 0 unspecified atom stereocenters. The van der Waals surface area contributed by atoms with Crippen LogP contribution in [-0.4, -0.2) is 35.5 Å². The summed E-state index contributed by atoms with van der Waals surface area (Å²) in [6.45, 7) is 0.719. The molecular weight excluding hydrogens is 228 g/mol. The summed E-state index contributed by atoms with van der Waals surface area (Å²) < 4.78 is 8.90. The molecule has 0 aliphatic rings. The molecule has 0 aliphatic carbocycles. The van der Waals surface area contributed by atoms with Gasteiger partial charge in [0.1, 0.15) is 6.61 Å². The van der Waals surface area contributed by atoms with Crippen molar-refractivity contribution in [3.8, 4) is 12.3 Å². The number of carbonyl (C=O) groups excluding carboxylic acids is 1. The van der Waals surface area contributed by atoms with Gasteiger partial charge in [0.05, 0.1) is 13.1 Å². The van der Waals surface area contributed by atoms with Gasteiger partial charge in [0.2, 0.25) is 11.0 Å². The summed E-state index contributed by atoms with van der Waals surface area (Å²) in [5.41, 5.74) is 0. The minimum atomic E-state index is -0.179. The van der Waals surface area contributed by atoms with Crippen LogP contribution in [0.15, 0.2) is 0 Å². The number of rotatable bonds is 6. The number of hydrogen-bond acceptors (Lipinski definition) is 6. The van der Waals surface area contributed by atoms with Gasteiger partial charge in [-0.1, -0.05) is 5.92 Å². The van der Waals surface area contributed by atoms with Gasteiger partial charge in [0, 0.05) is 18.6 Å². The Bertz CT molecular complexity index is 385. The van der Waals surface area contributed by atoms with E-state index in [0.29, 0.717) is 17.6 Å². The summed E-state index contributed by atoms with van der Waals surface area (Å²) in [5, 5.41) is 5.96. The molecule has 0 aromatic carbocycles.